The van der Waals surface area contributed by atoms with Crippen molar-refractivity contribution >= 4 is 0 Å². The molecular weight excluding hydrogens is 352 g/mol. The third kappa shape index (κ3) is 2.26. The van der Waals surface area contributed by atoms with Gasteiger partial charge in [-0.05, 0) is 63.5 Å². The van der Waals surface area contributed by atoms with Crippen LogP contribution in [0.3, 0.4) is 0 Å². The Labute approximate surface area is 169 Å². The highest BCUT2D eigenvalue weighted by Gasteiger charge is 2.66. The van der Waals surface area contributed by atoms with Crippen LogP contribution < -0.4 is 0 Å². The molecule has 2 saturated carbocycles. The number of aliphatic hydroxyl groups is 1. The van der Waals surface area contributed by atoms with E-state index in [2.05, 4.69) is 34.3 Å². The van der Waals surface area contributed by atoms with Gasteiger partial charge in [-0.3, -0.25) is 0 Å². The summed E-state index contributed by atoms with van der Waals surface area (Å²) in [5, 5.41) is 12.0. The Hall–Kier alpha value is -0.680. The highest BCUT2D eigenvalue weighted by molar-refractivity contribution is 5.36. The number of rotatable bonds is 1. The first-order valence-corrected chi connectivity index (χ1v) is 11.1. The summed E-state index contributed by atoms with van der Waals surface area (Å²) in [7, 11) is 0. The first-order valence-electron chi connectivity index (χ1n) is 11.1. The lowest BCUT2D eigenvalue weighted by molar-refractivity contribution is -0.237. The third-order valence-electron chi connectivity index (χ3n) is 9.38. The van der Waals surface area contributed by atoms with Crippen LogP contribution in [0.1, 0.15) is 66.7 Å². The largest absolute Gasteiger partial charge is 0.389 e. The lowest BCUT2D eigenvalue weighted by atomic mass is 9.47. The predicted octanol–water partition coefficient (Wildman–Crippen LogP) is 4.38. The van der Waals surface area contributed by atoms with E-state index in [1.165, 1.54) is 11.1 Å². The maximum absolute atomic E-state index is 12.0. The van der Waals surface area contributed by atoms with Crippen molar-refractivity contribution in [2.75, 3.05) is 6.61 Å². The molecule has 2 aliphatic heterocycles. The average Bonchev–Trinajstić information content (AvgIpc) is 2.94. The summed E-state index contributed by atoms with van der Waals surface area (Å²) in [6.45, 7) is 15.8. The molecule has 156 valence electrons. The Balaban J connectivity index is 1.70. The molecule has 0 radical (unpaired) electrons. The van der Waals surface area contributed by atoms with Crippen LogP contribution in [0.2, 0.25) is 0 Å². The molecule has 2 bridgehead atoms. The predicted molar refractivity (Wildman–Crippen MR) is 108 cm³/mol. The smallest absolute Gasteiger partial charge is 0.186 e. The van der Waals surface area contributed by atoms with Crippen molar-refractivity contribution in [3.63, 3.8) is 0 Å². The third-order valence-corrected chi connectivity index (χ3v) is 9.38. The van der Waals surface area contributed by atoms with E-state index < -0.39 is 11.4 Å². The van der Waals surface area contributed by atoms with E-state index in [1.54, 1.807) is 6.08 Å². The standard InChI is InChI=1S/C24H36O4/c1-7-23(6)27-19-18-14(2)8-11-24(25,21(18,3)4)12-16-15-13-26-17(15)9-10-22(16,5)20(19)28-23/h7,15-17,19-20,25H,1,8-13H2,2-6H3/t15-,16?,17+,19+,20+,22+,23?,24+/m0/s1. The van der Waals surface area contributed by atoms with E-state index in [-0.39, 0.29) is 23.0 Å². The fourth-order valence-electron chi connectivity index (χ4n) is 7.27. The van der Waals surface area contributed by atoms with E-state index in [9.17, 15) is 5.11 Å². The molecule has 0 amide bonds. The van der Waals surface area contributed by atoms with Crippen molar-refractivity contribution in [1.29, 1.82) is 0 Å². The van der Waals surface area contributed by atoms with Gasteiger partial charge >= 0.3 is 0 Å². The number of hydrogen-bond donors (Lipinski definition) is 1. The SMILES string of the molecule is C=CC1(C)O[C@@H]2C3=C(C)CC[C@@](O)(CC4[C@@H]5CO[C@@H]5CC[C@@]4(C)[C@@H]2O1)C3(C)C. The molecule has 2 unspecified atom stereocenters. The van der Waals surface area contributed by atoms with Crippen LogP contribution in [0.4, 0.5) is 0 Å². The quantitative estimate of drug-likeness (QED) is 0.678. The van der Waals surface area contributed by atoms with Crippen molar-refractivity contribution in [1.82, 2.24) is 0 Å². The minimum Gasteiger partial charge on any atom is -0.389 e. The zero-order valence-electron chi connectivity index (χ0n) is 18.1. The van der Waals surface area contributed by atoms with E-state index in [0.717, 1.165) is 38.7 Å². The zero-order chi connectivity index (χ0) is 20.1. The van der Waals surface area contributed by atoms with E-state index in [0.29, 0.717) is 17.9 Å². The first kappa shape index (κ1) is 19.3. The van der Waals surface area contributed by atoms with Gasteiger partial charge < -0.3 is 19.3 Å². The van der Waals surface area contributed by atoms with Gasteiger partial charge in [-0.25, -0.2) is 0 Å². The van der Waals surface area contributed by atoms with Crippen molar-refractivity contribution in [2.45, 2.75) is 96.4 Å². The molecule has 5 aliphatic rings. The summed E-state index contributed by atoms with van der Waals surface area (Å²) in [5.41, 5.74) is 1.54. The molecule has 4 heteroatoms. The van der Waals surface area contributed by atoms with Gasteiger partial charge in [-0.15, -0.1) is 0 Å². The summed E-state index contributed by atoms with van der Waals surface area (Å²) in [6, 6.07) is 0. The van der Waals surface area contributed by atoms with Crippen LogP contribution in [0.25, 0.3) is 0 Å². The Morgan fingerprint density at radius 1 is 1.14 bits per heavy atom. The fraction of sp³-hybridized carbons (Fsp3) is 0.833. The van der Waals surface area contributed by atoms with Crippen molar-refractivity contribution in [3.05, 3.63) is 23.8 Å². The lowest BCUT2D eigenvalue weighted by Crippen LogP contribution is -2.65. The summed E-state index contributed by atoms with van der Waals surface area (Å²) < 4.78 is 19.2. The van der Waals surface area contributed by atoms with E-state index >= 15 is 0 Å². The van der Waals surface area contributed by atoms with Crippen LogP contribution in [-0.2, 0) is 14.2 Å². The van der Waals surface area contributed by atoms with Crippen LogP contribution in [0, 0.1) is 22.7 Å². The molecule has 0 spiro atoms. The van der Waals surface area contributed by atoms with Gasteiger partial charge in [0.05, 0.1) is 24.4 Å². The molecule has 3 aliphatic carbocycles. The minimum atomic E-state index is -0.779. The van der Waals surface area contributed by atoms with Crippen LogP contribution in [0.15, 0.2) is 23.8 Å². The summed E-state index contributed by atoms with van der Waals surface area (Å²) in [4.78, 5) is 0. The normalized spacial score (nSPS) is 54.6. The molecule has 4 nitrogen and oxygen atoms in total. The average molecular weight is 389 g/mol. The summed E-state index contributed by atoms with van der Waals surface area (Å²) in [6.07, 6.45) is 6.73. The maximum atomic E-state index is 12.0. The second-order valence-electron chi connectivity index (χ2n) is 11.0. The topological polar surface area (TPSA) is 47.9 Å². The van der Waals surface area contributed by atoms with Gasteiger partial charge in [-0.1, -0.05) is 32.9 Å². The van der Waals surface area contributed by atoms with Crippen molar-refractivity contribution < 1.29 is 19.3 Å². The van der Waals surface area contributed by atoms with Gasteiger partial charge in [-0.2, -0.15) is 0 Å². The molecule has 8 atom stereocenters. The molecule has 0 aromatic heterocycles. The zero-order valence-corrected chi connectivity index (χ0v) is 18.1. The second kappa shape index (κ2) is 5.72. The first-order chi connectivity index (χ1) is 13.0. The number of fused-ring (bicyclic) bond motifs is 8. The van der Waals surface area contributed by atoms with Crippen LogP contribution >= 0.6 is 0 Å². The molecule has 28 heavy (non-hydrogen) atoms. The van der Waals surface area contributed by atoms with Gasteiger partial charge in [0.2, 0.25) is 0 Å². The Morgan fingerprint density at radius 3 is 2.54 bits per heavy atom. The Kier molecular flexibility index (Phi) is 3.94. The fourth-order valence-corrected chi connectivity index (χ4v) is 7.27. The van der Waals surface area contributed by atoms with E-state index in [4.69, 9.17) is 14.2 Å². The minimum absolute atomic E-state index is 0.0195. The second-order valence-corrected chi connectivity index (χ2v) is 11.0. The highest BCUT2D eigenvalue weighted by atomic mass is 16.8. The molecule has 0 aromatic rings. The van der Waals surface area contributed by atoms with Crippen LogP contribution in [-0.4, -0.2) is 41.4 Å². The molecule has 2 saturated heterocycles. The summed E-state index contributed by atoms with van der Waals surface area (Å²) in [5.74, 6) is 0.124. The molecule has 5 rings (SSSR count). The molecule has 4 fully saturated rings. The van der Waals surface area contributed by atoms with Gasteiger partial charge in [0.1, 0.15) is 6.10 Å². The Bertz CT molecular complexity index is 741. The highest BCUT2D eigenvalue weighted by Crippen LogP contribution is 2.64. The molecule has 0 aromatic carbocycles. The molecular formula is C24H36O4. The van der Waals surface area contributed by atoms with E-state index in [1.807, 2.05) is 6.92 Å². The Morgan fingerprint density at radius 2 is 1.89 bits per heavy atom. The lowest BCUT2D eigenvalue weighted by Gasteiger charge is -2.62. The summed E-state index contributed by atoms with van der Waals surface area (Å²) >= 11 is 0. The van der Waals surface area contributed by atoms with Crippen molar-refractivity contribution in [2.24, 2.45) is 22.7 Å². The van der Waals surface area contributed by atoms with Crippen molar-refractivity contribution in [3.8, 4) is 0 Å². The number of hydrogen-bond acceptors (Lipinski definition) is 4. The van der Waals surface area contributed by atoms with Crippen LogP contribution in [0.5, 0.6) is 0 Å². The molecule has 1 N–H and O–H groups in total. The molecule has 2 heterocycles. The monoisotopic (exact) mass is 388 g/mol. The maximum Gasteiger partial charge on any atom is 0.186 e. The number of ether oxygens (including phenoxy) is 3. The number of allylic oxidation sites excluding steroid dienone is 1. The van der Waals surface area contributed by atoms with Gasteiger partial charge in [0.15, 0.2) is 5.79 Å². The van der Waals surface area contributed by atoms with Gasteiger partial charge in [0, 0.05) is 16.7 Å². The van der Waals surface area contributed by atoms with Gasteiger partial charge in [0.25, 0.3) is 0 Å².